The third-order valence-corrected chi connectivity index (χ3v) is 5.62. The topological polar surface area (TPSA) is 63.2 Å². The van der Waals surface area contributed by atoms with Crippen LogP contribution >= 0.6 is 0 Å². The third-order valence-electron chi connectivity index (χ3n) is 2.40. The van der Waals surface area contributed by atoms with E-state index in [1.54, 1.807) is 6.26 Å². The average Bonchev–Trinajstić information content (AvgIpc) is 2.16. The average molecular weight is 269 g/mol. The summed E-state index contributed by atoms with van der Waals surface area (Å²) in [5.74, 6) is 0.467. The summed E-state index contributed by atoms with van der Waals surface area (Å²) >= 11 is 0. The number of sulfone groups is 1. The van der Waals surface area contributed by atoms with Crippen LogP contribution in [0.2, 0.25) is 0 Å². The van der Waals surface area contributed by atoms with Gasteiger partial charge in [-0.15, -0.1) is 0 Å². The molecule has 0 saturated heterocycles. The molecule has 0 fully saturated rings. The highest BCUT2D eigenvalue weighted by atomic mass is 32.2. The van der Waals surface area contributed by atoms with Gasteiger partial charge in [-0.25, -0.2) is 8.42 Å². The molecule has 0 radical (unpaired) electrons. The van der Waals surface area contributed by atoms with Gasteiger partial charge in [0.15, 0.2) is 9.84 Å². The summed E-state index contributed by atoms with van der Waals surface area (Å²) < 4.78 is 33.7. The lowest BCUT2D eigenvalue weighted by atomic mass is 10.3. The highest BCUT2D eigenvalue weighted by Gasteiger charge is 2.09. The van der Waals surface area contributed by atoms with E-state index < -0.39 is 20.6 Å². The van der Waals surface area contributed by atoms with Crippen molar-refractivity contribution in [3.63, 3.8) is 0 Å². The van der Waals surface area contributed by atoms with E-state index >= 15 is 0 Å². The van der Waals surface area contributed by atoms with Crippen LogP contribution in [-0.4, -0.2) is 48.7 Å². The van der Waals surface area contributed by atoms with E-state index in [1.807, 2.05) is 13.8 Å². The third kappa shape index (κ3) is 8.24. The van der Waals surface area contributed by atoms with Crippen molar-refractivity contribution >= 4 is 20.6 Å². The van der Waals surface area contributed by atoms with Crippen LogP contribution in [0, 0.1) is 0 Å². The van der Waals surface area contributed by atoms with Gasteiger partial charge in [0.05, 0.1) is 5.75 Å². The molecular formula is C10H23NO3S2. The summed E-state index contributed by atoms with van der Waals surface area (Å²) in [5.41, 5.74) is 0. The minimum atomic E-state index is -2.87. The van der Waals surface area contributed by atoms with Gasteiger partial charge in [0, 0.05) is 34.6 Å². The van der Waals surface area contributed by atoms with Crippen molar-refractivity contribution in [1.29, 1.82) is 0 Å². The molecule has 0 aliphatic heterocycles. The summed E-state index contributed by atoms with van der Waals surface area (Å²) in [6, 6.07) is 0. The molecule has 0 rings (SSSR count). The lowest BCUT2D eigenvalue weighted by Crippen LogP contribution is -2.27. The van der Waals surface area contributed by atoms with Crippen LogP contribution in [0.5, 0.6) is 0 Å². The van der Waals surface area contributed by atoms with Crippen LogP contribution in [-0.2, 0) is 20.6 Å². The molecule has 0 aromatic carbocycles. The predicted molar refractivity (Wildman–Crippen MR) is 70.0 cm³/mol. The van der Waals surface area contributed by atoms with Crippen LogP contribution in [0.3, 0.4) is 0 Å². The standard InChI is InChI=1S/C10H23NO3S2/c1-4-8-16(13,14)9-7-11-6-5-10(2)15(3)12/h10-11H,4-9H2,1-3H3. The molecule has 0 amide bonds. The van der Waals surface area contributed by atoms with Gasteiger partial charge >= 0.3 is 0 Å². The first kappa shape index (κ1) is 16.1. The molecule has 0 aromatic rings. The van der Waals surface area contributed by atoms with Crippen LogP contribution in [0.1, 0.15) is 26.7 Å². The van der Waals surface area contributed by atoms with Crippen LogP contribution < -0.4 is 5.32 Å². The van der Waals surface area contributed by atoms with Gasteiger partial charge in [0.1, 0.15) is 0 Å². The Balaban J connectivity index is 3.58. The summed E-state index contributed by atoms with van der Waals surface area (Å²) in [6.45, 7) is 5.02. The molecule has 0 aliphatic rings. The van der Waals surface area contributed by atoms with Gasteiger partial charge in [-0.1, -0.05) is 13.8 Å². The fraction of sp³-hybridized carbons (Fsp3) is 1.00. The Morgan fingerprint density at radius 1 is 1.25 bits per heavy atom. The minimum Gasteiger partial charge on any atom is -0.316 e. The van der Waals surface area contributed by atoms with Gasteiger partial charge in [0.25, 0.3) is 0 Å². The zero-order chi connectivity index (χ0) is 12.6. The summed E-state index contributed by atoms with van der Waals surface area (Å²) in [7, 11) is -3.67. The monoisotopic (exact) mass is 269 g/mol. The molecule has 0 spiro atoms. The van der Waals surface area contributed by atoms with E-state index in [9.17, 15) is 12.6 Å². The lowest BCUT2D eigenvalue weighted by molar-refractivity contribution is 0.587. The smallest absolute Gasteiger partial charge is 0.151 e. The van der Waals surface area contributed by atoms with Crippen LogP contribution in [0.15, 0.2) is 0 Å². The van der Waals surface area contributed by atoms with Crippen molar-refractivity contribution in [2.45, 2.75) is 31.9 Å². The first-order valence-electron chi connectivity index (χ1n) is 5.62. The van der Waals surface area contributed by atoms with Gasteiger partial charge in [0.2, 0.25) is 0 Å². The maximum Gasteiger partial charge on any atom is 0.151 e. The van der Waals surface area contributed by atoms with E-state index in [2.05, 4.69) is 5.32 Å². The van der Waals surface area contributed by atoms with E-state index in [-0.39, 0.29) is 16.8 Å². The second-order valence-electron chi connectivity index (χ2n) is 4.00. The van der Waals surface area contributed by atoms with E-state index in [1.165, 1.54) is 0 Å². The molecule has 0 heterocycles. The SMILES string of the molecule is CCCS(=O)(=O)CCNCCC(C)S(C)=O. The maximum absolute atomic E-state index is 11.3. The van der Waals surface area contributed by atoms with Gasteiger partial charge < -0.3 is 5.32 Å². The summed E-state index contributed by atoms with van der Waals surface area (Å²) in [4.78, 5) is 0. The largest absolute Gasteiger partial charge is 0.316 e. The molecule has 0 saturated carbocycles. The Bertz CT molecular complexity index is 301. The number of nitrogens with one attached hydrogen (secondary N) is 1. The van der Waals surface area contributed by atoms with Crippen molar-refractivity contribution < 1.29 is 12.6 Å². The quantitative estimate of drug-likeness (QED) is 0.621. The second kappa shape index (κ2) is 8.20. The Hall–Kier alpha value is 0.0600. The fourth-order valence-electron chi connectivity index (χ4n) is 1.24. The Labute approximate surface area is 102 Å². The second-order valence-corrected chi connectivity index (χ2v) is 8.11. The molecular weight excluding hydrogens is 246 g/mol. The number of hydrogen-bond donors (Lipinski definition) is 1. The van der Waals surface area contributed by atoms with Crippen molar-refractivity contribution in [1.82, 2.24) is 5.32 Å². The van der Waals surface area contributed by atoms with Gasteiger partial charge in [-0.3, -0.25) is 4.21 Å². The molecule has 2 unspecified atom stereocenters. The predicted octanol–water partition coefficient (Wildman–Crippen LogP) is 0.558. The first-order chi connectivity index (χ1) is 7.39. The lowest BCUT2D eigenvalue weighted by Gasteiger charge is -2.09. The molecule has 2 atom stereocenters. The normalized spacial score (nSPS) is 15.9. The molecule has 6 heteroatoms. The Morgan fingerprint density at radius 2 is 1.88 bits per heavy atom. The first-order valence-corrected chi connectivity index (χ1v) is 9.06. The highest BCUT2D eigenvalue weighted by Crippen LogP contribution is 1.97. The van der Waals surface area contributed by atoms with Crippen molar-refractivity contribution in [2.75, 3.05) is 30.9 Å². The minimum absolute atomic E-state index is 0.166. The molecule has 0 aromatic heterocycles. The zero-order valence-corrected chi connectivity index (χ0v) is 12.0. The van der Waals surface area contributed by atoms with E-state index in [0.29, 0.717) is 13.0 Å². The fourth-order valence-corrected chi connectivity index (χ4v) is 2.97. The highest BCUT2D eigenvalue weighted by molar-refractivity contribution is 7.91. The molecule has 0 bridgehead atoms. The maximum atomic E-state index is 11.3. The van der Waals surface area contributed by atoms with Crippen molar-refractivity contribution in [3.8, 4) is 0 Å². The zero-order valence-electron chi connectivity index (χ0n) is 10.4. The van der Waals surface area contributed by atoms with E-state index in [4.69, 9.17) is 0 Å². The van der Waals surface area contributed by atoms with Crippen LogP contribution in [0.4, 0.5) is 0 Å². The molecule has 4 nitrogen and oxygen atoms in total. The molecule has 0 aliphatic carbocycles. The van der Waals surface area contributed by atoms with Crippen molar-refractivity contribution in [3.05, 3.63) is 0 Å². The molecule has 16 heavy (non-hydrogen) atoms. The summed E-state index contributed by atoms with van der Waals surface area (Å²) in [5, 5.41) is 3.24. The van der Waals surface area contributed by atoms with Crippen molar-refractivity contribution in [2.24, 2.45) is 0 Å². The van der Waals surface area contributed by atoms with Gasteiger partial charge in [-0.2, -0.15) is 0 Å². The number of rotatable bonds is 9. The number of hydrogen-bond acceptors (Lipinski definition) is 4. The molecule has 1 N–H and O–H groups in total. The summed E-state index contributed by atoms with van der Waals surface area (Å²) in [6.07, 6.45) is 3.18. The van der Waals surface area contributed by atoms with Gasteiger partial charge in [-0.05, 0) is 19.4 Å². The Morgan fingerprint density at radius 3 is 2.38 bits per heavy atom. The van der Waals surface area contributed by atoms with E-state index in [0.717, 1.165) is 13.0 Å². The Kier molecular flexibility index (Phi) is 8.23. The van der Waals surface area contributed by atoms with Crippen LogP contribution in [0.25, 0.3) is 0 Å². The molecule has 98 valence electrons.